The molecule has 0 aliphatic carbocycles. The van der Waals surface area contributed by atoms with Gasteiger partial charge in [-0.3, -0.25) is 9.79 Å². The minimum absolute atomic E-state index is 0.0280. The second-order valence-electron chi connectivity index (χ2n) is 5.35. The molecule has 0 rings (SSSR count). The van der Waals surface area contributed by atoms with Crippen LogP contribution in [0, 0.1) is 0 Å². The highest BCUT2D eigenvalue weighted by atomic mass is 32.2. The number of ether oxygens (including phenoxy) is 1. The van der Waals surface area contributed by atoms with Gasteiger partial charge in [0, 0.05) is 32.3 Å². The first-order valence-corrected chi connectivity index (χ1v) is 9.56. The van der Waals surface area contributed by atoms with E-state index in [1.165, 1.54) is 13.4 Å². The highest BCUT2D eigenvalue weighted by Crippen LogP contribution is 2.00. The molecular weight excluding hydrogens is 306 g/mol. The average molecular weight is 335 g/mol. The van der Waals surface area contributed by atoms with Gasteiger partial charge in [0.2, 0.25) is 0 Å². The van der Waals surface area contributed by atoms with Gasteiger partial charge in [0.05, 0.1) is 12.9 Å². The first-order chi connectivity index (χ1) is 10.3. The van der Waals surface area contributed by atoms with Crippen molar-refractivity contribution in [3.8, 4) is 0 Å². The van der Waals surface area contributed by atoms with Crippen LogP contribution < -0.4 is 10.6 Å². The first-order valence-electron chi connectivity index (χ1n) is 7.50. The topological polar surface area (TPSA) is 96.9 Å². The molecule has 1 unspecified atom stereocenters. The molecule has 0 amide bonds. The van der Waals surface area contributed by atoms with Gasteiger partial charge in [-0.2, -0.15) is 0 Å². The maximum Gasteiger partial charge on any atom is 0.305 e. The van der Waals surface area contributed by atoms with Crippen LogP contribution in [0.25, 0.3) is 0 Å². The second-order valence-corrected chi connectivity index (χ2v) is 7.61. The summed E-state index contributed by atoms with van der Waals surface area (Å²) in [6.07, 6.45) is 4.90. The number of carbonyl (C=O) groups excluding carboxylic acids is 1. The van der Waals surface area contributed by atoms with E-state index >= 15 is 0 Å². The Balaban J connectivity index is 3.82. The minimum atomic E-state index is -2.94. The van der Waals surface area contributed by atoms with Crippen molar-refractivity contribution in [3.05, 3.63) is 0 Å². The van der Waals surface area contributed by atoms with Crippen LogP contribution in [0.1, 0.15) is 39.0 Å². The molecule has 0 radical (unpaired) electrons. The third kappa shape index (κ3) is 12.4. The predicted molar refractivity (Wildman–Crippen MR) is 88.8 cm³/mol. The number of hydrogen-bond acceptors (Lipinski definition) is 5. The normalized spacial score (nSPS) is 13.5. The van der Waals surface area contributed by atoms with E-state index in [4.69, 9.17) is 0 Å². The van der Waals surface area contributed by atoms with Gasteiger partial charge in [-0.05, 0) is 26.2 Å². The lowest BCUT2D eigenvalue weighted by Gasteiger charge is -2.17. The molecule has 1 atom stereocenters. The number of unbranched alkanes of at least 4 members (excludes halogenated alkanes) is 2. The van der Waals surface area contributed by atoms with Crippen LogP contribution in [0.15, 0.2) is 4.99 Å². The van der Waals surface area contributed by atoms with Crippen molar-refractivity contribution >= 4 is 21.8 Å². The van der Waals surface area contributed by atoms with E-state index in [0.29, 0.717) is 18.8 Å². The zero-order chi connectivity index (χ0) is 17.0. The standard InChI is InChI=1S/C14H29N3O4S/c1-12(9-11-22(4,19)20)17-14(15-2)16-10-7-5-6-8-13(18)21-3/h12H,5-11H2,1-4H3,(H2,15,16,17). The molecular formula is C14H29N3O4S. The lowest BCUT2D eigenvalue weighted by atomic mass is 10.2. The Morgan fingerprint density at radius 2 is 1.95 bits per heavy atom. The predicted octanol–water partition coefficient (Wildman–Crippen LogP) is 0.708. The van der Waals surface area contributed by atoms with Gasteiger partial charge in [-0.15, -0.1) is 0 Å². The molecule has 0 aromatic rings. The van der Waals surface area contributed by atoms with Crippen LogP contribution >= 0.6 is 0 Å². The molecule has 0 bridgehead atoms. The maximum atomic E-state index is 11.1. The molecule has 2 N–H and O–H groups in total. The molecule has 0 aromatic heterocycles. The average Bonchev–Trinajstić information content (AvgIpc) is 2.46. The summed E-state index contributed by atoms with van der Waals surface area (Å²) in [4.78, 5) is 15.0. The number of hydrogen-bond donors (Lipinski definition) is 2. The second kappa shape index (κ2) is 11.3. The molecule has 130 valence electrons. The Morgan fingerprint density at radius 1 is 1.27 bits per heavy atom. The fraction of sp³-hybridized carbons (Fsp3) is 0.857. The number of carbonyl (C=O) groups is 1. The number of esters is 1. The smallest absolute Gasteiger partial charge is 0.305 e. The van der Waals surface area contributed by atoms with Crippen molar-refractivity contribution < 1.29 is 17.9 Å². The quantitative estimate of drug-likeness (QED) is 0.264. The van der Waals surface area contributed by atoms with Crippen molar-refractivity contribution in [2.24, 2.45) is 4.99 Å². The Labute approximate surface area is 133 Å². The Morgan fingerprint density at radius 3 is 2.50 bits per heavy atom. The molecule has 22 heavy (non-hydrogen) atoms. The summed E-state index contributed by atoms with van der Waals surface area (Å²) in [7, 11) is 0.134. The van der Waals surface area contributed by atoms with Gasteiger partial charge < -0.3 is 15.4 Å². The van der Waals surface area contributed by atoms with Crippen LogP contribution in [0.5, 0.6) is 0 Å². The number of rotatable bonds is 10. The summed E-state index contributed by atoms with van der Waals surface area (Å²) in [5.41, 5.74) is 0. The largest absolute Gasteiger partial charge is 0.469 e. The van der Waals surface area contributed by atoms with Crippen molar-refractivity contribution in [1.29, 1.82) is 0 Å². The Hall–Kier alpha value is -1.31. The van der Waals surface area contributed by atoms with Crippen LogP contribution in [0.2, 0.25) is 0 Å². The van der Waals surface area contributed by atoms with Gasteiger partial charge in [0.15, 0.2) is 5.96 Å². The van der Waals surface area contributed by atoms with Crippen molar-refractivity contribution in [2.75, 3.05) is 32.7 Å². The molecule has 0 spiro atoms. The minimum Gasteiger partial charge on any atom is -0.469 e. The zero-order valence-corrected chi connectivity index (χ0v) is 14.8. The van der Waals surface area contributed by atoms with Gasteiger partial charge in [-0.1, -0.05) is 6.42 Å². The molecule has 0 saturated carbocycles. The van der Waals surface area contributed by atoms with Crippen LogP contribution in [0.3, 0.4) is 0 Å². The van der Waals surface area contributed by atoms with Gasteiger partial charge in [0.25, 0.3) is 0 Å². The fourth-order valence-corrected chi connectivity index (χ4v) is 2.55. The van der Waals surface area contributed by atoms with Gasteiger partial charge >= 0.3 is 5.97 Å². The van der Waals surface area contributed by atoms with Crippen LogP contribution in [0.4, 0.5) is 0 Å². The molecule has 0 fully saturated rings. The number of nitrogens with one attached hydrogen (secondary N) is 2. The maximum absolute atomic E-state index is 11.1. The number of sulfone groups is 1. The van der Waals surface area contributed by atoms with Gasteiger partial charge in [-0.25, -0.2) is 8.42 Å². The molecule has 0 aliphatic heterocycles. The summed E-state index contributed by atoms with van der Waals surface area (Å²) in [5.74, 6) is 0.644. The first kappa shape index (κ1) is 20.7. The third-order valence-corrected chi connectivity index (χ3v) is 4.08. The lowest BCUT2D eigenvalue weighted by Crippen LogP contribution is -2.43. The number of guanidine groups is 1. The molecule has 8 heteroatoms. The van der Waals surface area contributed by atoms with Crippen LogP contribution in [-0.2, 0) is 19.4 Å². The summed E-state index contributed by atoms with van der Waals surface area (Å²) in [6, 6.07) is 0.0280. The highest BCUT2D eigenvalue weighted by Gasteiger charge is 2.09. The summed E-state index contributed by atoms with van der Waals surface area (Å²) in [6.45, 7) is 2.67. The van der Waals surface area contributed by atoms with Crippen LogP contribution in [-0.4, -0.2) is 59.1 Å². The highest BCUT2D eigenvalue weighted by molar-refractivity contribution is 7.90. The molecule has 0 aliphatic rings. The molecule has 0 aromatic carbocycles. The van der Waals surface area contributed by atoms with E-state index < -0.39 is 9.84 Å². The van der Waals surface area contributed by atoms with E-state index in [1.54, 1.807) is 7.05 Å². The number of aliphatic imine (C=N–C) groups is 1. The zero-order valence-electron chi connectivity index (χ0n) is 14.0. The Bertz CT molecular complexity index is 449. The SMILES string of the molecule is CN=C(NCCCCCC(=O)OC)NC(C)CCS(C)(=O)=O. The number of nitrogens with zero attached hydrogens (tertiary/aromatic N) is 1. The number of methoxy groups -OCH3 is 1. The molecule has 0 heterocycles. The Kier molecular flexibility index (Phi) is 10.6. The monoisotopic (exact) mass is 335 g/mol. The van der Waals surface area contributed by atoms with E-state index in [1.807, 2.05) is 6.92 Å². The van der Waals surface area contributed by atoms with Crippen molar-refractivity contribution in [1.82, 2.24) is 10.6 Å². The molecule has 0 saturated heterocycles. The lowest BCUT2D eigenvalue weighted by molar-refractivity contribution is -0.140. The van der Waals surface area contributed by atoms with Crippen molar-refractivity contribution in [3.63, 3.8) is 0 Å². The third-order valence-electron chi connectivity index (χ3n) is 3.11. The summed E-state index contributed by atoms with van der Waals surface area (Å²) >= 11 is 0. The summed E-state index contributed by atoms with van der Waals surface area (Å²) < 4.78 is 26.8. The van der Waals surface area contributed by atoms with Crippen molar-refractivity contribution in [2.45, 2.75) is 45.1 Å². The van der Waals surface area contributed by atoms with E-state index in [9.17, 15) is 13.2 Å². The fourth-order valence-electron chi connectivity index (χ4n) is 1.77. The summed E-state index contributed by atoms with van der Waals surface area (Å²) in [5, 5.41) is 6.33. The van der Waals surface area contributed by atoms with E-state index in [-0.39, 0.29) is 17.8 Å². The van der Waals surface area contributed by atoms with Gasteiger partial charge in [0.1, 0.15) is 9.84 Å². The molecule has 7 nitrogen and oxygen atoms in total. The van der Waals surface area contributed by atoms with E-state index in [0.717, 1.165) is 25.8 Å². The van der Waals surface area contributed by atoms with E-state index in [2.05, 4.69) is 20.4 Å².